The zero-order valence-corrected chi connectivity index (χ0v) is 22.3. The number of benzene rings is 2. The zero-order chi connectivity index (χ0) is 26.6. The Bertz CT molecular complexity index is 1180. The van der Waals surface area contributed by atoms with Gasteiger partial charge in [-0.05, 0) is 47.7 Å². The molecule has 0 saturated carbocycles. The molecule has 0 aliphatic carbocycles. The molecule has 0 aliphatic rings. The van der Waals surface area contributed by atoms with Gasteiger partial charge in [0.05, 0.1) is 33.6 Å². The molecule has 1 N–H and O–H groups in total. The number of para-hydroxylation sites is 2. The first-order chi connectivity index (χ1) is 18.0. The van der Waals surface area contributed by atoms with Gasteiger partial charge >= 0.3 is 6.03 Å². The Morgan fingerprint density at radius 3 is 2.38 bits per heavy atom. The van der Waals surface area contributed by atoms with Gasteiger partial charge in [-0.2, -0.15) is 0 Å². The molecule has 0 spiro atoms. The van der Waals surface area contributed by atoms with Crippen molar-refractivity contribution in [3.63, 3.8) is 0 Å². The average molecular weight is 524 g/mol. The fourth-order valence-corrected chi connectivity index (χ4v) is 4.48. The summed E-state index contributed by atoms with van der Waals surface area (Å²) >= 11 is 1.59. The smallest absolute Gasteiger partial charge is 0.322 e. The van der Waals surface area contributed by atoms with Crippen molar-refractivity contribution in [1.29, 1.82) is 0 Å². The van der Waals surface area contributed by atoms with Gasteiger partial charge < -0.3 is 29.3 Å². The molecular weight excluding hydrogens is 490 g/mol. The maximum Gasteiger partial charge on any atom is 0.322 e. The summed E-state index contributed by atoms with van der Waals surface area (Å²) in [7, 11) is 4.73. The van der Waals surface area contributed by atoms with Crippen LogP contribution in [0.15, 0.2) is 72.6 Å². The summed E-state index contributed by atoms with van der Waals surface area (Å²) in [5, 5.41) is 4.82. The topological polar surface area (TPSA) is 80.3 Å². The normalized spacial score (nSPS) is 10.4. The number of carbonyl (C=O) groups is 2. The summed E-state index contributed by atoms with van der Waals surface area (Å²) in [6, 6.07) is 16.4. The number of nitrogens with zero attached hydrogens (tertiary/aromatic N) is 2. The Morgan fingerprint density at radius 2 is 1.70 bits per heavy atom. The van der Waals surface area contributed by atoms with Crippen molar-refractivity contribution in [3.05, 3.63) is 83.1 Å². The highest BCUT2D eigenvalue weighted by atomic mass is 32.1. The maximum absolute atomic E-state index is 13.5. The number of hydrogen-bond acceptors (Lipinski definition) is 6. The fourth-order valence-electron chi connectivity index (χ4n) is 3.76. The van der Waals surface area contributed by atoms with E-state index in [0.717, 1.165) is 10.4 Å². The van der Waals surface area contributed by atoms with E-state index in [9.17, 15) is 9.59 Å². The number of carbonyl (C=O) groups excluding carboxylic acids is 2. The van der Waals surface area contributed by atoms with Gasteiger partial charge in [-0.3, -0.25) is 4.79 Å². The van der Waals surface area contributed by atoms with E-state index in [0.29, 0.717) is 42.4 Å². The van der Waals surface area contributed by atoms with E-state index in [-0.39, 0.29) is 19.0 Å². The Balaban J connectivity index is 1.73. The second-order valence-electron chi connectivity index (χ2n) is 8.13. The van der Waals surface area contributed by atoms with Gasteiger partial charge in [0, 0.05) is 18.0 Å². The van der Waals surface area contributed by atoms with Gasteiger partial charge in [-0.25, -0.2) is 4.79 Å². The first-order valence-corrected chi connectivity index (χ1v) is 12.7. The summed E-state index contributed by atoms with van der Waals surface area (Å²) in [6.45, 7) is 4.81. The van der Waals surface area contributed by atoms with Crippen molar-refractivity contribution >= 4 is 29.0 Å². The molecule has 0 unspecified atom stereocenters. The summed E-state index contributed by atoms with van der Waals surface area (Å²) in [4.78, 5) is 30.8. The monoisotopic (exact) mass is 523 g/mol. The van der Waals surface area contributed by atoms with Crippen molar-refractivity contribution in [3.8, 4) is 17.2 Å². The summed E-state index contributed by atoms with van der Waals surface area (Å²) in [5.74, 6) is 1.67. The molecular formula is C28H33N3O5S. The Kier molecular flexibility index (Phi) is 10.4. The predicted molar refractivity (Wildman–Crippen MR) is 147 cm³/mol. The van der Waals surface area contributed by atoms with Crippen LogP contribution >= 0.6 is 11.3 Å². The number of urea groups is 1. The Hall–Kier alpha value is -3.98. The van der Waals surface area contributed by atoms with Crippen molar-refractivity contribution in [1.82, 2.24) is 9.80 Å². The number of hydrogen-bond donors (Lipinski definition) is 1. The number of ether oxygens (including phenoxy) is 3. The van der Waals surface area contributed by atoms with Crippen LogP contribution in [0.5, 0.6) is 17.2 Å². The van der Waals surface area contributed by atoms with E-state index in [2.05, 4.69) is 11.9 Å². The second kappa shape index (κ2) is 13.9. The van der Waals surface area contributed by atoms with Crippen LogP contribution in [0, 0.1) is 0 Å². The molecule has 3 aromatic rings. The minimum Gasteiger partial charge on any atom is -0.495 e. The minimum atomic E-state index is -0.409. The number of methoxy groups -OCH3 is 3. The van der Waals surface area contributed by atoms with E-state index in [4.69, 9.17) is 14.2 Å². The van der Waals surface area contributed by atoms with Crippen LogP contribution < -0.4 is 19.5 Å². The van der Waals surface area contributed by atoms with Crippen LogP contribution in [0.4, 0.5) is 10.5 Å². The van der Waals surface area contributed by atoms with E-state index < -0.39 is 6.03 Å². The van der Waals surface area contributed by atoms with Crippen molar-refractivity contribution in [2.75, 3.05) is 46.3 Å². The molecule has 8 nitrogen and oxygen atoms in total. The van der Waals surface area contributed by atoms with E-state index in [1.54, 1.807) is 54.7 Å². The van der Waals surface area contributed by atoms with Gasteiger partial charge in [0.15, 0.2) is 11.5 Å². The van der Waals surface area contributed by atoms with Crippen LogP contribution in [-0.2, 0) is 17.8 Å². The third kappa shape index (κ3) is 7.75. The quantitative estimate of drug-likeness (QED) is 0.317. The largest absolute Gasteiger partial charge is 0.495 e. The highest BCUT2D eigenvalue weighted by Gasteiger charge is 2.22. The van der Waals surface area contributed by atoms with Crippen LogP contribution in [0.1, 0.15) is 10.4 Å². The molecule has 0 atom stereocenters. The SMILES string of the molecule is C=CCN(CC(=O)N(CCc1ccc(OC)c(OC)c1)Cc1cccs1)C(=O)Nc1ccccc1OC. The third-order valence-electron chi connectivity index (χ3n) is 5.71. The molecule has 1 heterocycles. The molecule has 2 aromatic carbocycles. The molecule has 9 heteroatoms. The highest BCUT2D eigenvalue weighted by molar-refractivity contribution is 7.09. The number of thiophene rings is 1. The lowest BCUT2D eigenvalue weighted by Gasteiger charge is -2.27. The van der Waals surface area contributed by atoms with Gasteiger partial charge in [0.25, 0.3) is 0 Å². The Labute approximate surface area is 222 Å². The molecule has 0 bridgehead atoms. The van der Waals surface area contributed by atoms with Crippen LogP contribution in [0.25, 0.3) is 0 Å². The van der Waals surface area contributed by atoms with Crippen molar-refractivity contribution < 1.29 is 23.8 Å². The molecule has 0 aliphatic heterocycles. The first kappa shape index (κ1) is 27.6. The molecule has 3 amide bonds. The van der Waals surface area contributed by atoms with E-state index >= 15 is 0 Å². The minimum absolute atomic E-state index is 0.0929. The molecule has 0 radical (unpaired) electrons. The average Bonchev–Trinajstić information content (AvgIpc) is 3.44. The standard InChI is InChI=1S/C28H33N3O5S/c1-5-15-31(28(33)29-23-10-6-7-11-24(23)34-2)20-27(32)30(19-22-9-8-17-37-22)16-14-21-12-13-25(35-3)26(18-21)36-4/h5-13,17-18H,1,14-16,19-20H2,2-4H3,(H,29,33). The molecule has 1 aromatic heterocycles. The maximum atomic E-state index is 13.5. The van der Waals surface area contributed by atoms with E-state index in [1.165, 1.54) is 12.0 Å². The molecule has 196 valence electrons. The van der Waals surface area contributed by atoms with Crippen LogP contribution in [-0.4, -0.2) is 62.7 Å². The summed E-state index contributed by atoms with van der Waals surface area (Å²) in [6.07, 6.45) is 2.22. The number of anilines is 1. The molecule has 0 saturated heterocycles. The second-order valence-corrected chi connectivity index (χ2v) is 9.17. The summed E-state index contributed by atoms with van der Waals surface area (Å²) in [5.41, 5.74) is 1.54. The molecule has 3 rings (SSSR count). The van der Waals surface area contributed by atoms with Gasteiger partial charge in [-0.15, -0.1) is 17.9 Å². The zero-order valence-electron chi connectivity index (χ0n) is 21.4. The Morgan fingerprint density at radius 1 is 0.946 bits per heavy atom. The van der Waals surface area contributed by atoms with Crippen molar-refractivity contribution in [2.45, 2.75) is 13.0 Å². The van der Waals surface area contributed by atoms with Crippen molar-refractivity contribution in [2.24, 2.45) is 0 Å². The summed E-state index contributed by atoms with van der Waals surface area (Å²) < 4.78 is 16.1. The number of amides is 3. The lowest BCUT2D eigenvalue weighted by atomic mass is 10.1. The lowest BCUT2D eigenvalue weighted by Crippen LogP contribution is -2.44. The van der Waals surface area contributed by atoms with Crippen LogP contribution in [0.2, 0.25) is 0 Å². The van der Waals surface area contributed by atoms with Gasteiger partial charge in [0.1, 0.15) is 12.3 Å². The number of rotatable bonds is 13. The predicted octanol–water partition coefficient (Wildman–Crippen LogP) is 5.07. The van der Waals surface area contributed by atoms with Gasteiger partial charge in [-0.1, -0.05) is 30.3 Å². The van der Waals surface area contributed by atoms with Crippen LogP contribution in [0.3, 0.4) is 0 Å². The fraction of sp³-hybridized carbons (Fsp3) is 0.286. The first-order valence-electron chi connectivity index (χ1n) is 11.8. The van der Waals surface area contributed by atoms with E-state index in [1.807, 2.05) is 41.8 Å². The lowest BCUT2D eigenvalue weighted by molar-refractivity contribution is -0.132. The van der Waals surface area contributed by atoms with Gasteiger partial charge in [0.2, 0.25) is 5.91 Å². The molecule has 0 fully saturated rings. The highest BCUT2D eigenvalue weighted by Crippen LogP contribution is 2.28. The third-order valence-corrected chi connectivity index (χ3v) is 6.57. The molecule has 37 heavy (non-hydrogen) atoms. The number of nitrogens with one attached hydrogen (secondary N) is 1.